The lowest BCUT2D eigenvalue weighted by atomic mass is 10.0. The fourth-order valence-electron chi connectivity index (χ4n) is 4.65. The molecule has 11 heteroatoms. The molecule has 0 saturated carbocycles. The Labute approximate surface area is 209 Å². The predicted octanol–water partition coefficient (Wildman–Crippen LogP) is 3.57. The van der Waals surface area contributed by atoms with Gasteiger partial charge in [0.1, 0.15) is 5.82 Å². The van der Waals surface area contributed by atoms with Crippen LogP contribution in [0, 0.1) is 5.82 Å². The average molecular weight is 526 g/mol. The molecule has 2 aliphatic heterocycles. The molecule has 0 aliphatic carbocycles. The monoisotopic (exact) mass is 525 g/mol. The number of hydrogen-bond acceptors (Lipinski definition) is 6. The van der Waals surface area contributed by atoms with Crippen LogP contribution in [-0.4, -0.2) is 77.8 Å². The zero-order chi connectivity index (χ0) is 26.1. The Bertz CT molecular complexity index is 1220. The first-order valence-electron chi connectivity index (χ1n) is 11.8. The van der Waals surface area contributed by atoms with E-state index in [-0.39, 0.29) is 48.1 Å². The van der Waals surface area contributed by atoms with Crippen LogP contribution >= 0.6 is 0 Å². The summed E-state index contributed by atoms with van der Waals surface area (Å²) in [6.07, 6.45) is 0.396. The lowest BCUT2D eigenvalue weighted by Gasteiger charge is -2.38. The Morgan fingerprint density at radius 2 is 1.56 bits per heavy atom. The number of carbonyl (C=O) groups is 1. The molecule has 4 rings (SSSR count). The van der Waals surface area contributed by atoms with E-state index in [4.69, 9.17) is 4.74 Å². The van der Waals surface area contributed by atoms with E-state index in [2.05, 4.69) is 0 Å². The van der Waals surface area contributed by atoms with Crippen LogP contribution in [-0.2, 0) is 21.2 Å². The van der Waals surface area contributed by atoms with Gasteiger partial charge in [0.05, 0.1) is 22.8 Å². The summed E-state index contributed by atoms with van der Waals surface area (Å²) in [4.78, 5) is 18.7. The Kier molecular flexibility index (Phi) is 7.51. The topological polar surface area (TPSA) is 70.2 Å². The molecule has 0 N–H and O–H groups in total. The standard InChI is InChI=1S/C25H30F3N3O4S/c1-35-17-18-3-5-23(21(26)15-18)30-11-13-31(14-12-30)24(32)20-16-19(36(2,33)34)4-6-22(20)29-9-7-25(27,28)8-10-29/h3-6,15-16H,7-14,17H2,1-2H3. The molecule has 0 atom stereocenters. The van der Waals surface area contributed by atoms with E-state index in [0.29, 0.717) is 44.2 Å². The van der Waals surface area contributed by atoms with Crippen LogP contribution in [0.1, 0.15) is 28.8 Å². The first-order chi connectivity index (χ1) is 17.0. The minimum absolute atomic E-state index is 0.00575. The van der Waals surface area contributed by atoms with Crippen molar-refractivity contribution in [3.63, 3.8) is 0 Å². The van der Waals surface area contributed by atoms with Gasteiger partial charge in [-0.1, -0.05) is 6.07 Å². The number of sulfone groups is 1. The minimum Gasteiger partial charge on any atom is -0.380 e. The summed E-state index contributed by atoms with van der Waals surface area (Å²) in [5, 5.41) is 0. The van der Waals surface area contributed by atoms with Crippen LogP contribution in [0.4, 0.5) is 24.5 Å². The van der Waals surface area contributed by atoms with Gasteiger partial charge >= 0.3 is 0 Å². The van der Waals surface area contributed by atoms with Gasteiger partial charge in [-0.3, -0.25) is 4.79 Å². The second-order valence-electron chi connectivity index (χ2n) is 9.29. The van der Waals surface area contributed by atoms with Gasteiger partial charge in [-0.15, -0.1) is 0 Å². The Morgan fingerprint density at radius 1 is 0.944 bits per heavy atom. The molecule has 2 heterocycles. The first kappa shape index (κ1) is 26.3. The molecule has 2 aromatic carbocycles. The number of nitrogens with zero attached hydrogens (tertiary/aromatic N) is 3. The third kappa shape index (κ3) is 5.78. The normalized spacial score (nSPS) is 18.4. The quantitative estimate of drug-likeness (QED) is 0.575. The summed E-state index contributed by atoms with van der Waals surface area (Å²) in [5.41, 5.74) is 1.79. The molecule has 0 spiro atoms. The number of methoxy groups -OCH3 is 1. The fourth-order valence-corrected chi connectivity index (χ4v) is 5.30. The van der Waals surface area contributed by atoms with Gasteiger partial charge in [-0.05, 0) is 35.9 Å². The number of rotatable bonds is 6. The highest BCUT2D eigenvalue weighted by Gasteiger charge is 2.36. The van der Waals surface area contributed by atoms with Crippen LogP contribution in [0.5, 0.6) is 0 Å². The third-order valence-electron chi connectivity index (χ3n) is 6.69. The number of carbonyl (C=O) groups excluding carboxylic acids is 1. The fraction of sp³-hybridized carbons (Fsp3) is 0.480. The number of amides is 1. The zero-order valence-corrected chi connectivity index (χ0v) is 21.2. The number of alkyl halides is 2. The van der Waals surface area contributed by atoms with Crippen molar-refractivity contribution in [3.8, 4) is 0 Å². The van der Waals surface area contributed by atoms with E-state index in [0.717, 1.165) is 11.8 Å². The number of anilines is 2. The van der Waals surface area contributed by atoms with E-state index in [1.54, 1.807) is 29.0 Å². The largest absolute Gasteiger partial charge is 0.380 e. The second kappa shape index (κ2) is 10.3. The van der Waals surface area contributed by atoms with Crippen molar-refractivity contribution >= 4 is 27.1 Å². The molecule has 1 amide bonds. The average Bonchev–Trinajstić information content (AvgIpc) is 2.83. The molecule has 0 bridgehead atoms. The summed E-state index contributed by atoms with van der Waals surface area (Å²) >= 11 is 0. The molecule has 2 saturated heterocycles. The smallest absolute Gasteiger partial charge is 0.256 e. The second-order valence-corrected chi connectivity index (χ2v) is 11.3. The SMILES string of the molecule is COCc1ccc(N2CCN(C(=O)c3cc(S(C)(=O)=O)ccc3N3CCC(F)(F)CC3)CC2)c(F)c1. The molecule has 7 nitrogen and oxygen atoms in total. The highest BCUT2D eigenvalue weighted by Crippen LogP contribution is 2.34. The van der Waals surface area contributed by atoms with Crippen LogP contribution in [0.25, 0.3) is 0 Å². The van der Waals surface area contributed by atoms with Gasteiger partial charge in [-0.2, -0.15) is 0 Å². The molecule has 36 heavy (non-hydrogen) atoms. The lowest BCUT2D eigenvalue weighted by Crippen LogP contribution is -2.49. The zero-order valence-electron chi connectivity index (χ0n) is 20.3. The molecule has 0 unspecified atom stereocenters. The highest BCUT2D eigenvalue weighted by molar-refractivity contribution is 7.90. The minimum atomic E-state index is -3.58. The van der Waals surface area contributed by atoms with E-state index in [1.807, 2.05) is 4.90 Å². The summed E-state index contributed by atoms with van der Waals surface area (Å²) in [5.74, 6) is -3.49. The van der Waals surface area contributed by atoms with Crippen LogP contribution in [0.3, 0.4) is 0 Å². The summed E-state index contributed by atoms with van der Waals surface area (Å²) in [6, 6.07) is 9.19. The molecule has 2 aliphatic rings. The Hall–Kier alpha value is -2.79. The van der Waals surface area contributed by atoms with Crippen molar-refractivity contribution in [2.45, 2.75) is 30.3 Å². The molecule has 0 radical (unpaired) electrons. The van der Waals surface area contributed by atoms with Crippen molar-refractivity contribution in [2.75, 3.05) is 62.4 Å². The molecule has 0 aromatic heterocycles. The van der Waals surface area contributed by atoms with Crippen molar-refractivity contribution in [1.29, 1.82) is 0 Å². The molecular formula is C25H30F3N3O4S. The van der Waals surface area contributed by atoms with Crippen LogP contribution in [0.15, 0.2) is 41.3 Å². The van der Waals surface area contributed by atoms with Gasteiger partial charge in [0.25, 0.3) is 11.8 Å². The Balaban J connectivity index is 1.53. The van der Waals surface area contributed by atoms with E-state index >= 15 is 0 Å². The summed E-state index contributed by atoms with van der Waals surface area (Å²) < 4.78 is 71.4. The number of hydrogen-bond donors (Lipinski definition) is 0. The van der Waals surface area contributed by atoms with Gasteiger partial charge in [-0.25, -0.2) is 21.6 Å². The van der Waals surface area contributed by atoms with Gasteiger partial charge in [0.2, 0.25) is 0 Å². The van der Waals surface area contributed by atoms with Gasteiger partial charge in [0, 0.05) is 71.2 Å². The number of ether oxygens (including phenoxy) is 1. The molecule has 2 aromatic rings. The number of piperidine rings is 1. The first-order valence-corrected chi connectivity index (χ1v) is 13.7. The Morgan fingerprint density at radius 3 is 2.14 bits per heavy atom. The number of halogens is 3. The number of benzene rings is 2. The van der Waals surface area contributed by atoms with Crippen molar-refractivity contribution in [2.24, 2.45) is 0 Å². The summed E-state index contributed by atoms with van der Waals surface area (Å²) in [7, 11) is -2.04. The van der Waals surface area contributed by atoms with Crippen LogP contribution in [0.2, 0.25) is 0 Å². The van der Waals surface area contributed by atoms with Crippen molar-refractivity contribution in [1.82, 2.24) is 4.90 Å². The van der Waals surface area contributed by atoms with Crippen molar-refractivity contribution in [3.05, 3.63) is 53.3 Å². The van der Waals surface area contributed by atoms with E-state index < -0.39 is 15.8 Å². The maximum absolute atomic E-state index is 14.7. The van der Waals surface area contributed by atoms with Gasteiger partial charge < -0.3 is 19.4 Å². The lowest BCUT2D eigenvalue weighted by molar-refractivity contribution is -0.0220. The molecular weight excluding hydrogens is 495 g/mol. The maximum atomic E-state index is 14.7. The number of piperazine rings is 1. The van der Waals surface area contributed by atoms with Crippen molar-refractivity contribution < 1.29 is 31.1 Å². The highest BCUT2D eigenvalue weighted by atomic mass is 32.2. The van der Waals surface area contributed by atoms with Crippen LogP contribution < -0.4 is 9.80 Å². The molecule has 196 valence electrons. The maximum Gasteiger partial charge on any atom is 0.256 e. The molecule has 2 fully saturated rings. The van der Waals surface area contributed by atoms with E-state index in [1.165, 1.54) is 24.3 Å². The summed E-state index contributed by atoms with van der Waals surface area (Å²) in [6.45, 7) is 1.84. The van der Waals surface area contributed by atoms with E-state index in [9.17, 15) is 26.4 Å². The van der Waals surface area contributed by atoms with Gasteiger partial charge in [0.15, 0.2) is 9.84 Å². The predicted molar refractivity (Wildman–Crippen MR) is 131 cm³/mol. The third-order valence-corrected chi connectivity index (χ3v) is 7.80.